The van der Waals surface area contributed by atoms with Gasteiger partial charge in [-0.25, -0.2) is 12.7 Å². The topological polar surface area (TPSA) is 104 Å². The van der Waals surface area contributed by atoms with E-state index >= 15 is 0 Å². The van der Waals surface area contributed by atoms with E-state index in [4.69, 9.17) is 0 Å². The lowest BCUT2D eigenvalue weighted by Gasteiger charge is -2.31. The molecule has 8 nitrogen and oxygen atoms in total. The molecule has 9 heteroatoms. The highest BCUT2D eigenvalue weighted by Crippen LogP contribution is 2.29. The summed E-state index contributed by atoms with van der Waals surface area (Å²) < 4.78 is 26.3. The summed E-state index contributed by atoms with van der Waals surface area (Å²) >= 11 is 0. The summed E-state index contributed by atoms with van der Waals surface area (Å²) in [5, 5.41) is 2.73. The van der Waals surface area contributed by atoms with Crippen molar-refractivity contribution in [3.63, 3.8) is 0 Å². The first-order chi connectivity index (χ1) is 15.3. The molecule has 2 aromatic rings. The van der Waals surface area contributed by atoms with Gasteiger partial charge in [0.25, 0.3) is 15.9 Å². The van der Waals surface area contributed by atoms with Crippen molar-refractivity contribution in [1.29, 1.82) is 0 Å². The standard InChI is InChI=1S/C23H27N3O5S/c1-3-19(22(28)24-4-2)25(15-14-17-10-6-5-7-11-17)21(27)16-26-23(29)18-12-8-9-13-20(18)32(26,30)31/h5-13,19H,3-4,14-16H2,1-2H3,(H,24,28). The van der Waals surface area contributed by atoms with Crippen LogP contribution in [0, 0.1) is 0 Å². The fourth-order valence-electron chi connectivity index (χ4n) is 3.79. The molecule has 1 atom stereocenters. The third kappa shape index (κ3) is 4.67. The fourth-order valence-corrected chi connectivity index (χ4v) is 5.31. The summed E-state index contributed by atoms with van der Waals surface area (Å²) in [4.78, 5) is 39.9. The first-order valence-electron chi connectivity index (χ1n) is 10.6. The predicted octanol–water partition coefficient (Wildman–Crippen LogP) is 1.82. The zero-order valence-electron chi connectivity index (χ0n) is 18.2. The Morgan fingerprint density at radius 2 is 1.69 bits per heavy atom. The van der Waals surface area contributed by atoms with Crippen molar-refractivity contribution in [1.82, 2.24) is 14.5 Å². The summed E-state index contributed by atoms with van der Waals surface area (Å²) in [6, 6.07) is 14.6. The summed E-state index contributed by atoms with van der Waals surface area (Å²) in [5.41, 5.74) is 1.03. The van der Waals surface area contributed by atoms with Gasteiger partial charge in [0.15, 0.2) is 0 Å². The van der Waals surface area contributed by atoms with Crippen LogP contribution >= 0.6 is 0 Å². The molecule has 0 radical (unpaired) electrons. The average Bonchev–Trinajstić information content (AvgIpc) is 2.98. The largest absolute Gasteiger partial charge is 0.355 e. The van der Waals surface area contributed by atoms with Crippen LogP contribution in [0.2, 0.25) is 0 Å². The maximum Gasteiger partial charge on any atom is 0.269 e. The van der Waals surface area contributed by atoms with Gasteiger partial charge in [0.05, 0.1) is 5.56 Å². The SMILES string of the molecule is CCNC(=O)C(CC)N(CCc1ccccc1)C(=O)CN1C(=O)c2ccccc2S1(=O)=O. The van der Waals surface area contributed by atoms with Crippen LogP contribution < -0.4 is 5.32 Å². The Hall–Kier alpha value is -3.20. The Balaban J connectivity index is 1.86. The van der Waals surface area contributed by atoms with Crippen molar-refractivity contribution < 1.29 is 22.8 Å². The van der Waals surface area contributed by atoms with E-state index in [0.717, 1.165) is 5.56 Å². The summed E-state index contributed by atoms with van der Waals surface area (Å²) in [6.45, 7) is 3.54. The Morgan fingerprint density at radius 3 is 2.31 bits per heavy atom. The second kappa shape index (κ2) is 9.95. The molecule has 0 aliphatic carbocycles. The van der Waals surface area contributed by atoms with E-state index < -0.39 is 34.4 Å². The minimum Gasteiger partial charge on any atom is -0.355 e. The van der Waals surface area contributed by atoms with Crippen molar-refractivity contribution in [2.75, 3.05) is 19.6 Å². The smallest absolute Gasteiger partial charge is 0.269 e. The van der Waals surface area contributed by atoms with Crippen LogP contribution in [0.1, 0.15) is 36.2 Å². The third-order valence-corrected chi connectivity index (χ3v) is 7.20. The second-order valence-corrected chi connectivity index (χ2v) is 9.29. The first-order valence-corrected chi connectivity index (χ1v) is 12.0. The number of amides is 3. The minimum absolute atomic E-state index is 0.0481. The monoisotopic (exact) mass is 457 g/mol. The summed E-state index contributed by atoms with van der Waals surface area (Å²) in [5.74, 6) is -1.64. The normalized spacial score (nSPS) is 15.2. The van der Waals surface area contributed by atoms with Crippen LogP contribution in [-0.2, 0) is 26.0 Å². The molecule has 32 heavy (non-hydrogen) atoms. The molecule has 0 fully saturated rings. The molecule has 0 saturated carbocycles. The molecule has 170 valence electrons. The van der Waals surface area contributed by atoms with Gasteiger partial charge in [0.2, 0.25) is 11.8 Å². The third-order valence-electron chi connectivity index (χ3n) is 5.41. The van der Waals surface area contributed by atoms with Crippen LogP contribution in [0.25, 0.3) is 0 Å². The van der Waals surface area contributed by atoms with Gasteiger partial charge in [0.1, 0.15) is 17.5 Å². The van der Waals surface area contributed by atoms with E-state index in [1.54, 1.807) is 19.9 Å². The number of nitrogens with one attached hydrogen (secondary N) is 1. The molecule has 0 aromatic heterocycles. The molecule has 1 heterocycles. The fraction of sp³-hybridized carbons (Fsp3) is 0.348. The van der Waals surface area contributed by atoms with Crippen molar-refractivity contribution >= 4 is 27.7 Å². The van der Waals surface area contributed by atoms with Gasteiger partial charge in [-0.2, -0.15) is 0 Å². The molecule has 1 N–H and O–H groups in total. The van der Waals surface area contributed by atoms with E-state index in [9.17, 15) is 22.8 Å². The molecule has 2 aromatic carbocycles. The molecule has 1 aliphatic heterocycles. The van der Waals surface area contributed by atoms with Gasteiger partial charge in [0, 0.05) is 13.1 Å². The minimum atomic E-state index is -4.12. The molecule has 1 unspecified atom stereocenters. The van der Waals surface area contributed by atoms with E-state index in [2.05, 4.69) is 5.32 Å². The number of likely N-dealkylation sites (N-methyl/N-ethyl adjacent to an activating group) is 1. The van der Waals surface area contributed by atoms with E-state index in [1.807, 2.05) is 30.3 Å². The van der Waals surface area contributed by atoms with Crippen LogP contribution in [0.15, 0.2) is 59.5 Å². The number of benzene rings is 2. The Kier molecular flexibility index (Phi) is 7.29. The highest BCUT2D eigenvalue weighted by molar-refractivity contribution is 7.90. The lowest BCUT2D eigenvalue weighted by molar-refractivity contribution is -0.140. The maximum atomic E-state index is 13.3. The maximum absolute atomic E-state index is 13.3. The highest BCUT2D eigenvalue weighted by Gasteiger charge is 2.43. The Labute approximate surface area is 188 Å². The zero-order chi connectivity index (χ0) is 23.3. The van der Waals surface area contributed by atoms with Crippen molar-refractivity contribution in [3.05, 3.63) is 65.7 Å². The van der Waals surface area contributed by atoms with E-state index in [1.165, 1.54) is 23.1 Å². The number of hydrogen-bond donors (Lipinski definition) is 1. The highest BCUT2D eigenvalue weighted by atomic mass is 32.2. The van der Waals surface area contributed by atoms with Crippen LogP contribution in [0.4, 0.5) is 0 Å². The number of carbonyl (C=O) groups is 3. The Morgan fingerprint density at radius 1 is 1.03 bits per heavy atom. The summed E-state index contributed by atoms with van der Waals surface area (Å²) in [7, 11) is -4.12. The number of carbonyl (C=O) groups excluding carboxylic acids is 3. The van der Waals surface area contributed by atoms with Gasteiger partial charge in [-0.05, 0) is 37.5 Å². The number of nitrogens with zero attached hydrogens (tertiary/aromatic N) is 2. The lowest BCUT2D eigenvalue weighted by Crippen LogP contribution is -2.53. The first kappa shape index (κ1) is 23.5. The molecule has 0 saturated heterocycles. The zero-order valence-corrected chi connectivity index (χ0v) is 19.0. The van der Waals surface area contributed by atoms with Crippen molar-refractivity contribution in [2.24, 2.45) is 0 Å². The number of sulfonamides is 1. The molecule has 3 amide bonds. The molecule has 0 bridgehead atoms. The summed E-state index contributed by atoms with van der Waals surface area (Å²) in [6.07, 6.45) is 0.844. The molecule has 0 spiro atoms. The predicted molar refractivity (Wildman–Crippen MR) is 119 cm³/mol. The van der Waals surface area contributed by atoms with Gasteiger partial charge in [-0.3, -0.25) is 14.4 Å². The van der Waals surface area contributed by atoms with Crippen LogP contribution in [0.3, 0.4) is 0 Å². The molecule has 1 aliphatic rings. The van der Waals surface area contributed by atoms with E-state index in [0.29, 0.717) is 23.7 Å². The second-order valence-electron chi connectivity index (χ2n) is 7.45. The van der Waals surface area contributed by atoms with Crippen molar-refractivity contribution in [3.8, 4) is 0 Å². The van der Waals surface area contributed by atoms with Crippen LogP contribution in [0.5, 0.6) is 0 Å². The quantitative estimate of drug-likeness (QED) is 0.619. The van der Waals surface area contributed by atoms with Gasteiger partial charge in [-0.15, -0.1) is 0 Å². The average molecular weight is 458 g/mol. The number of hydrogen-bond acceptors (Lipinski definition) is 5. The van der Waals surface area contributed by atoms with Crippen molar-refractivity contribution in [2.45, 2.75) is 37.6 Å². The Bertz CT molecular complexity index is 1100. The van der Waals surface area contributed by atoms with Gasteiger partial charge >= 0.3 is 0 Å². The number of rotatable bonds is 9. The number of fused-ring (bicyclic) bond motifs is 1. The van der Waals surface area contributed by atoms with Gasteiger partial charge < -0.3 is 10.2 Å². The van der Waals surface area contributed by atoms with Crippen LogP contribution in [-0.4, -0.2) is 61.0 Å². The lowest BCUT2D eigenvalue weighted by atomic mass is 10.1. The molecular formula is C23H27N3O5S. The molecule has 3 rings (SSSR count). The van der Waals surface area contributed by atoms with Gasteiger partial charge in [-0.1, -0.05) is 49.4 Å². The molecular weight excluding hydrogens is 430 g/mol. The van der Waals surface area contributed by atoms with E-state index in [-0.39, 0.29) is 22.9 Å².